The lowest BCUT2D eigenvalue weighted by molar-refractivity contribution is -0.137. The standard InChI is InChI=1S/C10H14N2O4S/c11-8(6-10(13)14)5-7-1-3-9(4-2-7)17(12,15)16/h1-4,8H,5-6,11H2,(H,13,14)(H2,12,15,16)/t8-/m0/s1. The van der Waals surface area contributed by atoms with Crippen molar-refractivity contribution in [3.8, 4) is 0 Å². The maximum absolute atomic E-state index is 11.0. The van der Waals surface area contributed by atoms with E-state index in [1.54, 1.807) is 12.1 Å². The lowest BCUT2D eigenvalue weighted by Crippen LogP contribution is -2.26. The predicted molar refractivity (Wildman–Crippen MR) is 61.7 cm³/mol. The monoisotopic (exact) mass is 258 g/mol. The molecule has 0 saturated carbocycles. The summed E-state index contributed by atoms with van der Waals surface area (Å²) in [7, 11) is -3.69. The van der Waals surface area contributed by atoms with Crippen molar-refractivity contribution in [1.29, 1.82) is 0 Å². The summed E-state index contributed by atoms with van der Waals surface area (Å²) in [5.41, 5.74) is 6.38. The molecule has 0 aliphatic carbocycles. The summed E-state index contributed by atoms with van der Waals surface area (Å²) in [4.78, 5) is 10.4. The second-order valence-corrected chi connectivity index (χ2v) is 5.31. The van der Waals surface area contributed by atoms with Crippen LogP contribution in [0, 0.1) is 0 Å². The fraction of sp³-hybridized carbons (Fsp3) is 0.300. The number of carbonyl (C=O) groups is 1. The molecule has 0 amide bonds. The van der Waals surface area contributed by atoms with Gasteiger partial charge in [-0.1, -0.05) is 12.1 Å². The van der Waals surface area contributed by atoms with E-state index in [2.05, 4.69) is 0 Å². The molecule has 94 valence electrons. The van der Waals surface area contributed by atoms with Gasteiger partial charge in [0.25, 0.3) is 0 Å². The smallest absolute Gasteiger partial charge is 0.304 e. The van der Waals surface area contributed by atoms with Crippen molar-refractivity contribution in [3.63, 3.8) is 0 Å². The minimum atomic E-state index is -3.69. The second-order valence-electron chi connectivity index (χ2n) is 3.75. The zero-order chi connectivity index (χ0) is 13.1. The van der Waals surface area contributed by atoms with Gasteiger partial charge in [0.05, 0.1) is 11.3 Å². The molecule has 1 rings (SSSR count). The average Bonchev–Trinajstić information content (AvgIpc) is 2.15. The molecule has 0 aromatic heterocycles. The van der Waals surface area contributed by atoms with Gasteiger partial charge >= 0.3 is 5.97 Å². The number of nitrogens with two attached hydrogens (primary N) is 2. The van der Waals surface area contributed by atoms with Gasteiger partial charge in [0, 0.05) is 6.04 Å². The topological polar surface area (TPSA) is 123 Å². The van der Waals surface area contributed by atoms with Crippen molar-refractivity contribution in [3.05, 3.63) is 29.8 Å². The van der Waals surface area contributed by atoms with E-state index >= 15 is 0 Å². The predicted octanol–water partition coefficient (Wildman–Crippen LogP) is -0.321. The van der Waals surface area contributed by atoms with E-state index in [4.69, 9.17) is 16.0 Å². The van der Waals surface area contributed by atoms with E-state index in [9.17, 15) is 13.2 Å². The Morgan fingerprint density at radius 1 is 1.29 bits per heavy atom. The maximum atomic E-state index is 11.0. The fourth-order valence-corrected chi connectivity index (χ4v) is 1.93. The van der Waals surface area contributed by atoms with Gasteiger partial charge in [-0.05, 0) is 24.1 Å². The number of primary sulfonamides is 1. The summed E-state index contributed by atoms with van der Waals surface area (Å²) in [6.07, 6.45) is 0.244. The van der Waals surface area contributed by atoms with E-state index in [0.717, 1.165) is 5.56 Å². The molecule has 5 N–H and O–H groups in total. The fourth-order valence-electron chi connectivity index (χ4n) is 1.41. The van der Waals surface area contributed by atoms with Crippen LogP contribution in [0.4, 0.5) is 0 Å². The molecule has 0 aliphatic rings. The van der Waals surface area contributed by atoms with Gasteiger partial charge in [0.1, 0.15) is 0 Å². The molecular weight excluding hydrogens is 244 g/mol. The van der Waals surface area contributed by atoms with Crippen molar-refractivity contribution in [1.82, 2.24) is 0 Å². The molecule has 1 atom stereocenters. The van der Waals surface area contributed by atoms with Crippen LogP contribution < -0.4 is 10.9 Å². The van der Waals surface area contributed by atoms with Gasteiger partial charge < -0.3 is 10.8 Å². The molecular formula is C10H14N2O4S. The van der Waals surface area contributed by atoms with Gasteiger partial charge in [0.2, 0.25) is 10.0 Å². The van der Waals surface area contributed by atoms with Gasteiger partial charge in [-0.15, -0.1) is 0 Å². The number of carboxylic acids is 1. The zero-order valence-corrected chi connectivity index (χ0v) is 9.85. The van der Waals surface area contributed by atoms with Crippen LogP contribution in [0.2, 0.25) is 0 Å². The van der Waals surface area contributed by atoms with Crippen molar-refractivity contribution in [2.24, 2.45) is 10.9 Å². The Kier molecular flexibility index (Phi) is 4.22. The first kappa shape index (κ1) is 13.6. The van der Waals surface area contributed by atoms with Gasteiger partial charge in [-0.25, -0.2) is 13.6 Å². The van der Waals surface area contributed by atoms with Crippen molar-refractivity contribution in [2.75, 3.05) is 0 Å². The van der Waals surface area contributed by atoms with Crippen LogP contribution in [0.1, 0.15) is 12.0 Å². The highest BCUT2D eigenvalue weighted by Gasteiger charge is 2.10. The highest BCUT2D eigenvalue weighted by molar-refractivity contribution is 7.89. The van der Waals surface area contributed by atoms with Crippen LogP contribution >= 0.6 is 0 Å². The molecule has 7 heteroatoms. The third kappa shape index (κ3) is 4.51. The Morgan fingerprint density at radius 2 is 1.82 bits per heavy atom. The van der Waals surface area contributed by atoms with E-state index in [1.807, 2.05) is 0 Å². The lowest BCUT2D eigenvalue weighted by atomic mass is 10.0. The Bertz CT molecular complexity index is 496. The van der Waals surface area contributed by atoms with Crippen molar-refractivity contribution < 1.29 is 18.3 Å². The average molecular weight is 258 g/mol. The first-order chi connectivity index (χ1) is 7.79. The number of benzene rings is 1. The summed E-state index contributed by atoms with van der Waals surface area (Å²) in [5, 5.41) is 13.5. The Labute approximate surface area is 99.3 Å². The zero-order valence-electron chi connectivity index (χ0n) is 9.04. The van der Waals surface area contributed by atoms with Crippen molar-refractivity contribution in [2.45, 2.75) is 23.8 Å². The Balaban J connectivity index is 2.72. The summed E-state index contributed by atoms with van der Waals surface area (Å²) in [6, 6.07) is 5.40. The molecule has 0 unspecified atom stereocenters. The normalized spacial score (nSPS) is 13.3. The summed E-state index contributed by atoms with van der Waals surface area (Å²) < 4.78 is 22.0. The molecule has 0 heterocycles. The first-order valence-corrected chi connectivity index (χ1v) is 6.43. The van der Waals surface area contributed by atoms with Crippen LogP contribution in [-0.2, 0) is 21.2 Å². The molecule has 0 aliphatic heterocycles. The number of aliphatic carboxylic acids is 1. The molecule has 0 saturated heterocycles. The maximum Gasteiger partial charge on any atom is 0.304 e. The molecule has 0 radical (unpaired) electrons. The quantitative estimate of drug-likeness (QED) is 0.667. The summed E-state index contributed by atoms with van der Waals surface area (Å²) in [6.45, 7) is 0. The SMILES string of the molecule is N[C@H](CC(=O)O)Cc1ccc(S(N)(=O)=O)cc1. The van der Waals surface area contributed by atoms with E-state index in [-0.39, 0.29) is 11.3 Å². The minimum absolute atomic E-state index is 0.0213. The van der Waals surface area contributed by atoms with Crippen LogP contribution in [0.15, 0.2) is 29.2 Å². The van der Waals surface area contributed by atoms with Crippen molar-refractivity contribution >= 4 is 16.0 Å². The van der Waals surface area contributed by atoms with Crippen LogP contribution in [0.25, 0.3) is 0 Å². The van der Waals surface area contributed by atoms with Crippen LogP contribution in [0.5, 0.6) is 0 Å². The molecule has 0 fully saturated rings. The first-order valence-electron chi connectivity index (χ1n) is 4.88. The van der Waals surface area contributed by atoms with Crippen LogP contribution in [0.3, 0.4) is 0 Å². The Morgan fingerprint density at radius 3 is 2.24 bits per heavy atom. The number of sulfonamides is 1. The van der Waals surface area contributed by atoms with E-state index < -0.39 is 22.0 Å². The second kappa shape index (κ2) is 5.26. The number of carboxylic acid groups (broad SMARTS) is 1. The lowest BCUT2D eigenvalue weighted by Gasteiger charge is -2.09. The van der Waals surface area contributed by atoms with E-state index in [1.165, 1.54) is 12.1 Å². The summed E-state index contributed by atoms with van der Waals surface area (Å²) >= 11 is 0. The number of rotatable bonds is 5. The molecule has 0 bridgehead atoms. The molecule has 6 nitrogen and oxygen atoms in total. The van der Waals surface area contributed by atoms with Crippen LogP contribution in [-0.4, -0.2) is 25.5 Å². The largest absolute Gasteiger partial charge is 0.481 e. The highest BCUT2D eigenvalue weighted by Crippen LogP contribution is 2.10. The van der Waals surface area contributed by atoms with Gasteiger partial charge in [-0.2, -0.15) is 0 Å². The van der Waals surface area contributed by atoms with Gasteiger partial charge in [0.15, 0.2) is 0 Å². The molecule has 0 spiro atoms. The third-order valence-corrected chi connectivity index (χ3v) is 3.12. The number of hydrogen-bond donors (Lipinski definition) is 3. The molecule has 1 aromatic carbocycles. The van der Waals surface area contributed by atoms with E-state index in [0.29, 0.717) is 6.42 Å². The third-order valence-electron chi connectivity index (χ3n) is 2.19. The Hall–Kier alpha value is -1.44. The summed E-state index contributed by atoms with van der Waals surface area (Å²) in [5.74, 6) is -0.960. The van der Waals surface area contributed by atoms with Gasteiger partial charge in [-0.3, -0.25) is 4.79 Å². The highest BCUT2D eigenvalue weighted by atomic mass is 32.2. The molecule has 17 heavy (non-hydrogen) atoms. The molecule has 1 aromatic rings. The number of hydrogen-bond acceptors (Lipinski definition) is 4. The minimum Gasteiger partial charge on any atom is -0.481 e.